The number of benzene rings is 2. The highest BCUT2D eigenvalue weighted by atomic mass is 16.2. The number of amides is 3. The lowest BCUT2D eigenvalue weighted by Gasteiger charge is -2.28. The van der Waals surface area contributed by atoms with E-state index in [9.17, 15) is 14.4 Å². The van der Waals surface area contributed by atoms with Crippen molar-refractivity contribution < 1.29 is 14.4 Å². The molecule has 3 aliphatic rings. The summed E-state index contributed by atoms with van der Waals surface area (Å²) in [7, 11) is 0. The minimum Gasteiger partial charge on any atom is -0.358 e. The number of H-pyrrole nitrogens is 1. The number of anilines is 1. The van der Waals surface area contributed by atoms with Crippen LogP contribution in [0.4, 0.5) is 5.69 Å². The maximum absolute atomic E-state index is 13.9. The molecule has 0 saturated carbocycles. The molecule has 224 valence electrons. The second-order valence-corrected chi connectivity index (χ2v) is 12.3. The summed E-state index contributed by atoms with van der Waals surface area (Å²) < 4.78 is 0. The minimum atomic E-state index is -0.231. The number of nitrogens with one attached hydrogen (secondary N) is 3. The molecule has 6 rings (SSSR count). The Hall–Kier alpha value is -4.17. The van der Waals surface area contributed by atoms with Gasteiger partial charge in [-0.2, -0.15) is 0 Å². The first-order chi connectivity index (χ1) is 20.7. The first-order valence-electron chi connectivity index (χ1n) is 15.5. The third-order valence-corrected chi connectivity index (χ3v) is 9.27. The SMILES string of the molecule is Cc1ccc([C@@H](C)NC(=O)c2ccc3c(c2)/C(=C/c2[nH]c(C)c(C(=O)N4CCC[C@H]4CN4CCCC4)c2C)C(=O)N3)cc1. The van der Waals surface area contributed by atoms with Crippen molar-refractivity contribution in [3.05, 3.63) is 87.2 Å². The molecule has 3 amide bonds. The molecule has 0 radical (unpaired) electrons. The lowest BCUT2D eigenvalue weighted by molar-refractivity contribution is -0.110. The highest BCUT2D eigenvalue weighted by Crippen LogP contribution is 2.35. The van der Waals surface area contributed by atoms with Gasteiger partial charge in [-0.15, -0.1) is 0 Å². The van der Waals surface area contributed by atoms with Gasteiger partial charge in [-0.25, -0.2) is 0 Å². The van der Waals surface area contributed by atoms with E-state index in [1.165, 1.54) is 18.4 Å². The zero-order valence-electron chi connectivity index (χ0n) is 25.5. The van der Waals surface area contributed by atoms with Gasteiger partial charge in [0.25, 0.3) is 17.7 Å². The molecule has 3 N–H and O–H groups in total. The van der Waals surface area contributed by atoms with E-state index in [1.54, 1.807) is 18.2 Å². The highest BCUT2D eigenvalue weighted by molar-refractivity contribution is 6.35. The Morgan fingerprint density at radius 3 is 2.51 bits per heavy atom. The number of nitrogens with zero attached hydrogens (tertiary/aromatic N) is 2. The summed E-state index contributed by atoms with van der Waals surface area (Å²) in [6.45, 7) is 11.8. The summed E-state index contributed by atoms with van der Waals surface area (Å²) in [5.74, 6) is -0.371. The van der Waals surface area contributed by atoms with E-state index in [-0.39, 0.29) is 29.8 Å². The van der Waals surface area contributed by atoms with Crippen LogP contribution in [0.1, 0.15) is 93.0 Å². The lowest BCUT2D eigenvalue weighted by atomic mass is 10.0. The maximum Gasteiger partial charge on any atom is 0.256 e. The molecule has 3 aliphatic heterocycles. The predicted octanol–water partition coefficient (Wildman–Crippen LogP) is 5.62. The van der Waals surface area contributed by atoms with E-state index in [2.05, 4.69) is 25.4 Å². The smallest absolute Gasteiger partial charge is 0.256 e. The summed E-state index contributed by atoms with van der Waals surface area (Å²) in [5, 5.41) is 5.99. The molecule has 2 saturated heterocycles. The van der Waals surface area contributed by atoms with Crippen molar-refractivity contribution in [2.75, 3.05) is 31.5 Å². The van der Waals surface area contributed by atoms with E-state index >= 15 is 0 Å². The largest absolute Gasteiger partial charge is 0.358 e. The molecular weight excluding hydrogens is 538 g/mol. The Balaban J connectivity index is 1.23. The number of hydrogen-bond donors (Lipinski definition) is 3. The van der Waals surface area contributed by atoms with Crippen LogP contribution in [0.2, 0.25) is 0 Å². The molecule has 0 spiro atoms. The third kappa shape index (κ3) is 5.76. The van der Waals surface area contributed by atoms with Crippen LogP contribution < -0.4 is 10.6 Å². The number of rotatable bonds is 7. The summed E-state index contributed by atoms with van der Waals surface area (Å²) >= 11 is 0. The number of carbonyl (C=O) groups excluding carboxylic acids is 3. The van der Waals surface area contributed by atoms with Crippen LogP contribution >= 0.6 is 0 Å². The topological polar surface area (TPSA) is 97.5 Å². The number of carbonyl (C=O) groups is 3. The molecule has 0 unspecified atom stereocenters. The second kappa shape index (κ2) is 11.8. The molecule has 2 fully saturated rings. The first kappa shape index (κ1) is 28.9. The van der Waals surface area contributed by atoms with E-state index in [4.69, 9.17) is 0 Å². The maximum atomic E-state index is 13.9. The van der Waals surface area contributed by atoms with Crippen LogP contribution in [-0.4, -0.2) is 64.7 Å². The van der Waals surface area contributed by atoms with Crippen molar-refractivity contribution in [1.29, 1.82) is 0 Å². The quantitative estimate of drug-likeness (QED) is 0.317. The van der Waals surface area contributed by atoms with Crippen molar-refractivity contribution in [2.45, 2.75) is 65.5 Å². The Morgan fingerprint density at radius 1 is 1.02 bits per heavy atom. The Kier molecular flexibility index (Phi) is 7.97. The van der Waals surface area contributed by atoms with Gasteiger partial charge in [0.15, 0.2) is 0 Å². The number of aromatic amines is 1. The zero-order chi connectivity index (χ0) is 30.2. The lowest BCUT2D eigenvalue weighted by Crippen LogP contribution is -2.42. The van der Waals surface area contributed by atoms with Gasteiger partial charge in [0.05, 0.1) is 17.2 Å². The van der Waals surface area contributed by atoms with Crippen LogP contribution in [0.15, 0.2) is 42.5 Å². The van der Waals surface area contributed by atoms with Gasteiger partial charge in [0, 0.05) is 47.3 Å². The normalized spacial score (nSPS) is 20.0. The highest BCUT2D eigenvalue weighted by Gasteiger charge is 2.34. The van der Waals surface area contributed by atoms with E-state index in [1.807, 2.05) is 58.0 Å². The molecule has 3 aromatic rings. The molecule has 2 atom stereocenters. The van der Waals surface area contributed by atoms with Crippen molar-refractivity contribution >= 4 is 35.1 Å². The van der Waals surface area contributed by atoms with Crippen LogP contribution in [0, 0.1) is 20.8 Å². The zero-order valence-corrected chi connectivity index (χ0v) is 25.5. The molecule has 1 aromatic heterocycles. The summed E-state index contributed by atoms with van der Waals surface area (Å²) in [6, 6.07) is 13.4. The average Bonchev–Trinajstić information content (AvgIpc) is 3.78. The number of fused-ring (bicyclic) bond motifs is 1. The van der Waals surface area contributed by atoms with Gasteiger partial charge in [-0.1, -0.05) is 29.8 Å². The average molecular weight is 580 g/mol. The summed E-state index contributed by atoms with van der Waals surface area (Å²) in [4.78, 5) is 48.0. The molecule has 0 bridgehead atoms. The monoisotopic (exact) mass is 579 g/mol. The fraction of sp³-hybridized carbons (Fsp3) is 0.400. The third-order valence-electron chi connectivity index (χ3n) is 9.27. The second-order valence-electron chi connectivity index (χ2n) is 12.3. The molecule has 2 aromatic carbocycles. The molecule has 4 heterocycles. The molecule has 0 aliphatic carbocycles. The van der Waals surface area contributed by atoms with Crippen LogP contribution in [-0.2, 0) is 4.79 Å². The Morgan fingerprint density at radius 2 is 1.77 bits per heavy atom. The number of hydrogen-bond acceptors (Lipinski definition) is 4. The fourth-order valence-electron chi connectivity index (χ4n) is 6.77. The molecule has 43 heavy (non-hydrogen) atoms. The molecule has 8 heteroatoms. The van der Waals surface area contributed by atoms with Crippen molar-refractivity contribution in [1.82, 2.24) is 20.1 Å². The van der Waals surface area contributed by atoms with Gasteiger partial charge in [0.2, 0.25) is 0 Å². The van der Waals surface area contributed by atoms with E-state index < -0.39 is 0 Å². The Bertz CT molecular complexity index is 1600. The molecular formula is C35H41N5O3. The van der Waals surface area contributed by atoms with Gasteiger partial charge in [-0.05, 0) is 102 Å². The van der Waals surface area contributed by atoms with E-state index in [0.717, 1.165) is 61.5 Å². The van der Waals surface area contributed by atoms with Crippen molar-refractivity contribution in [3.8, 4) is 0 Å². The fourth-order valence-corrected chi connectivity index (χ4v) is 6.77. The number of aryl methyl sites for hydroxylation is 2. The number of likely N-dealkylation sites (tertiary alicyclic amines) is 2. The van der Waals surface area contributed by atoms with Crippen LogP contribution in [0.5, 0.6) is 0 Å². The van der Waals surface area contributed by atoms with Crippen molar-refractivity contribution in [2.24, 2.45) is 0 Å². The van der Waals surface area contributed by atoms with Gasteiger partial charge >= 0.3 is 0 Å². The minimum absolute atomic E-state index is 0.0653. The Labute approximate surface area is 253 Å². The van der Waals surface area contributed by atoms with Crippen LogP contribution in [0.3, 0.4) is 0 Å². The first-order valence-corrected chi connectivity index (χ1v) is 15.5. The van der Waals surface area contributed by atoms with Gasteiger partial charge < -0.3 is 25.4 Å². The summed E-state index contributed by atoms with van der Waals surface area (Å²) in [5.41, 5.74) is 7.54. The number of aromatic nitrogens is 1. The van der Waals surface area contributed by atoms with Gasteiger partial charge in [0.1, 0.15) is 0 Å². The van der Waals surface area contributed by atoms with Crippen LogP contribution in [0.25, 0.3) is 11.6 Å². The predicted molar refractivity (Wildman–Crippen MR) is 170 cm³/mol. The molecule has 8 nitrogen and oxygen atoms in total. The standard InChI is InChI=1S/C35H41N5O3/c1-21-9-11-25(12-10-21)23(3)37-33(41)26-13-14-30-28(18-26)29(34(42)38-30)19-31-22(2)32(24(4)36-31)35(43)40-17-7-8-27(40)20-39-15-5-6-16-39/h9-14,18-19,23,27,36H,5-8,15-17,20H2,1-4H3,(H,37,41)(H,38,42)/b29-19-/t23-,27+/m1/s1. The van der Waals surface area contributed by atoms with Crippen molar-refractivity contribution in [3.63, 3.8) is 0 Å². The van der Waals surface area contributed by atoms with E-state index in [0.29, 0.717) is 28.0 Å². The van der Waals surface area contributed by atoms with Gasteiger partial charge in [-0.3, -0.25) is 14.4 Å². The summed E-state index contributed by atoms with van der Waals surface area (Å²) in [6.07, 6.45) is 6.36.